The second-order valence-electron chi connectivity index (χ2n) is 5.84. The van der Waals surface area contributed by atoms with Gasteiger partial charge < -0.3 is 18.6 Å². The Kier molecular flexibility index (Phi) is 2.30. The molecule has 0 unspecified atom stereocenters. The van der Waals surface area contributed by atoms with E-state index in [1.54, 1.807) is 19.4 Å². The standard InChI is InChI=1S/C17H12O6/c1-20-10-6-11-14(8-4-5-21-17(8)22-11)15-13(10)7-2-3-9(18)12(7)16(19)23-15/h4-6,8,17H,2-3H2,1H3/t8-,17+/m0/s1/i1+1,2+1,3+1,7+1,9+1,10+1,12+1,13+1. The largest absolute Gasteiger partial charge is 0.496 e. The van der Waals surface area contributed by atoms with Gasteiger partial charge >= 0.3 is 5.63 Å². The highest BCUT2D eigenvalue weighted by Gasteiger charge is 2.41. The number of aryl methyl sites for hydroxylation is 1. The number of ketones is 1. The molecule has 0 fully saturated rings. The predicted molar refractivity (Wildman–Crippen MR) is 79.1 cm³/mol. The average Bonchev–Trinajstić information content (AvgIpc) is 3.20. The number of methoxy groups -OCH3 is 1. The van der Waals surface area contributed by atoms with Gasteiger partial charge in [0, 0.05) is 12.5 Å². The Balaban J connectivity index is 1.94. The van der Waals surface area contributed by atoms with Crippen molar-refractivity contribution in [2.45, 2.75) is 25.0 Å². The molecule has 0 saturated heterocycles. The molecule has 0 bridgehead atoms. The Morgan fingerprint density at radius 1 is 1.26 bits per heavy atom. The van der Waals surface area contributed by atoms with E-state index in [1.807, 2.05) is 6.08 Å². The average molecular weight is 320 g/mol. The molecule has 0 amide bonds. The molecule has 0 radical (unpaired) electrons. The number of fused-ring (bicyclic) bond motifs is 7. The van der Waals surface area contributed by atoms with Crippen LogP contribution in [0, 0.1) is 0 Å². The van der Waals surface area contributed by atoms with Crippen molar-refractivity contribution < 1.29 is 23.4 Å². The van der Waals surface area contributed by atoms with Gasteiger partial charge in [-0.3, -0.25) is 4.79 Å². The fourth-order valence-electron chi connectivity index (χ4n) is 3.72. The normalized spacial score (nSPS) is 23.4. The van der Waals surface area contributed by atoms with Gasteiger partial charge in [0.15, 0.2) is 5.78 Å². The first-order valence-electron chi connectivity index (χ1n) is 7.41. The summed E-state index contributed by atoms with van der Waals surface area (Å²) in [7, 11) is 1.54. The highest BCUT2D eigenvalue weighted by molar-refractivity contribution is 6.06. The van der Waals surface area contributed by atoms with Crippen LogP contribution in [0.5, 0.6) is 11.5 Å². The molecule has 0 saturated carbocycles. The van der Waals surface area contributed by atoms with Crippen molar-refractivity contribution in [3.05, 3.63) is 45.5 Å². The van der Waals surface area contributed by atoms with E-state index < -0.39 is 11.9 Å². The summed E-state index contributed by atoms with van der Waals surface area (Å²) in [5.74, 6) is 0.826. The van der Waals surface area contributed by atoms with E-state index in [2.05, 4.69) is 0 Å². The van der Waals surface area contributed by atoms with Crippen LogP contribution in [0.3, 0.4) is 0 Å². The number of ether oxygens (including phenoxy) is 3. The summed E-state index contributed by atoms with van der Waals surface area (Å²) < 4.78 is 22.2. The minimum atomic E-state index is -0.586. The van der Waals surface area contributed by atoms with Crippen LogP contribution >= 0.6 is 0 Å². The molecule has 23 heavy (non-hydrogen) atoms. The number of hydrogen-bond donors (Lipinski definition) is 0. The summed E-state index contributed by atoms with van der Waals surface area (Å²) in [6, 6.07) is 1.77. The first-order valence-corrected chi connectivity index (χ1v) is 7.41. The monoisotopic (exact) mass is 320 g/mol. The van der Waals surface area contributed by atoms with E-state index in [-0.39, 0.29) is 17.3 Å². The molecule has 0 spiro atoms. The summed E-state index contributed by atoms with van der Waals surface area (Å²) in [6.45, 7) is 0. The lowest BCUT2D eigenvalue weighted by molar-refractivity contribution is -0.00485. The third kappa shape index (κ3) is 1.48. The second-order valence-corrected chi connectivity index (χ2v) is 5.84. The third-order valence-electron chi connectivity index (χ3n) is 4.72. The first-order chi connectivity index (χ1) is 11.2. The van der Waals surface area contributed by atoms with E-state index in [0.29, 0.717) is 40.9 Å². The summed E-state index contributed by atoms with van der Waals surface area (Å²) >= 11 is 0. The summed E-state index contributed by atoms with van der Waals surface area (Å²) in [5, 5.41) is 0.691. The molecule has 2 aliphatic heterocycles. The van der Waals surface area contributed by atoms with Crippen molar-refractivity contribution in [2.24, 2.45) is 0 Å². The number of carbonyl (C=O) groups excluding carboxylic acids is 1. The zero-order valence-electron chi connectivity index (χ0n) is 12.3. The molecule has 1 aromatic heterocycles. The fourth-order valence-corrected chi connectivity index (χ4v) is 3.72. The molecule has 2 atom stereocenters. The Morgan fingerprint density at radius 3 is 2.96 bits per heavy atom. The van der Waals surface area contributed by atoms with Crippen molar-refractivity contribution in [3.63, 3.8) is 0 Å². The minimum absolute atomic E-state index is 0.128. The van der Waals surface area contributed by atoms with Crippen molar-refractivity contribution >= 4 is 16.8 Å². The number of carbonyl (C=O) groups is 1. The topological polar surface area (TPSA) is 75.0 Å². The zero-order chi connectivity index (χ0) is 15.7. The Bertz CT molecular complexity index is 967. The summed E-state index contributed by atoms with van der Waals surface area (Å²) in [4.78, 5) is 24.3. The lowest BCUT2D eigenvalue weighted by Gasteiger charge is -2.12. The fraction of sp³-hybridized carbons (Fsp3) is 0.294. The maximum absolute atomic E-state index is 12.3. The van der Waals surface area contributed by atoms with Gasteiger partial charge in [-0.1, -0.05) is 0 Å². The van der Waals surface area contributed by atoms with Gasteiger partial charge in [0.05, 0.1) is 30.2 Å². The van der Waals surface area contributed by atoms with Crippen molar-refractivity contribution in [1.29, 1.82) is 0 Å². The molecule has 0 N–H and O–H groups in total. The maximum atomic E-state index is 12.3. The van der Waals surface area contributed by atoms with Gasteiger partial charge in [-0.2, -0.15) is 0 Å². The third-order valence-corrected chi connectivity index (χ3v) is 4.72. The predicted octanol–water partition coefficient (Wildman–Crippen LogP) is 2.28. The molecular formula is C17H12O6. The Morgan fingerprint density at radius 2 is 2.13 bits per heavy atom. The molecule has 5 rings (SSSR count). The summed E-state index contributed by atoms with van der Waals surface area (Å²) in [5.41, 5.74) is 1.49. The van der Waals surface area contributed by atoms with E-state index in [9.17, 15) is 9.59 Å². The van der Waals surface area contributed by atoms with Crippen LogP contribution in [0.1, 0.15) is 33.8 Å². The van der Waals surface area contributed by atoms with Crippen LogP contribution in [0.2, 0.25) is 0 Å². The molecular weight excluding hydrogens is 308 g/mol. The van der Waals surface area contributed by atoms with E-state index >= 15 is 0 Å². The number of hydrogen-bond acceptors (Lipinski definition) is 6. The molecule has 3 heterocycles. The van der Waals surface area contributed by atoms with Gasteiger partial charge in [0.25, 0.3) is 6.29 Å². The van der Waals surface area contributed by atoms with Gasteiger partial charge in [-0.05, 0) is 18.1 Å². The second kappa shape index (κ2) is 4.16. The van der Waals surface area contributed by atoms with E-state index in [1.165, 1.54) is 0 Å². The summed E-state index contributed by atoms with van der Waals surface area (Å²) in [6.07, 6.45) is 3.86. The Hall–Kier alpha value is -2.76. The van der Waals surface area contributed by atoms with Crippen molar-refractivity contribution in [3.8, 4) is 11.5 Å². The van der Waals surface area contributed by atoms with Crippen LogP contribution in [0.25, 0.3) is 11.0 Å². The lowest BCUT2D eigenvalue weighted by Crippen LogP contribution is -2.14. The van der Waals surface area contributed by atoms with Gasteiger partial charge in [0.1, 0.15) is 22.6 Å². The molecule has 1 aliphatic carbocycles. The number of rotatable bonds is 1. The Labute approximate surface area is 130 Å². The highest BCUT2D eigenvalue weighted by atomic mass is 16.7. The van der Waals surface area contributed by atoms with Crippen LogP contribution in [0.4, 0.5) is 0 Å². The first kappa shape index (κ1) is 12.8. The van der Waals surface area contributed by atoms with Crippen LogP contribution in [0.15, 0.2) is 27.6 Å². The van der Waals surface area contributed by atoms with Gasteiger partial charge in [-0.25, -0.2) is 4.79 Å². The SMILES string of the molecule is [13CH3]O[13c]1cc2c(c3oc(=O)[13c]4[13c]([13c]31)[13CH2][13CH2][13C]4=O)[C@@H]1C=CO[C@@H]1O2. The lowest BCUT2D eigenvalue weighted by atomic mass is 10.0. The number of benzene rings is 1. The van der Waals surface area contributed by atoms with E-state index in [4.69, 9.17) is 18.6 Å². The zero-order valence-corrected chi connectivity index (χ0v) is 12.3. The van der Waals surface area contributed by atoms with E-state index in [0.717, 1.165) is 5.56 Å². The highest BCUT2D eigenvalue weighted by Crippen LogP contribution is 2.50. The molecule has 3 aliphatic rings. The molecule has 1 aromatic carbocycles. The van der Waals surface area contributed by atoms with Crippen LogP contribution < -0.4 is 15.1 Å². The van der Waals surface area contributed by atoms with Crippen molar-refractivity contribution in [1.82, 2.24) is 0 Å². The maximum Gasteiger partial charge on any atom is 0.347 e. The van der Waals surface area contributed by atoms with Crippen LogP contribution in [-0.4, -0.2) is 19.2 Å². The van der Waals surface area contributed by atoms with Gasteiger partial charge in [0.2, 0.25) is 0 Å². The van der Waals surface area contributed by atoms with Crippen LogP contribution in [-0.2, 0) is 11.2 Å². The molecule has 2 aromatic rings. The quantitative estimate of drug-likeness (QED) is 0.593. The molecule has 6 heteroatoms. The molecule has 116 valence electrons. The smallest absolute Gasteiger partial charge is 0.347 e. The van der Waals surface area contributed by atoms with Crippen molar-refractivity contribution in [2.75, 3.05) is 7.11 Å². The molecule has 6 nitrogen and oxygen atoms in total. The number of Topliss-reactive ketones (excluding diaryl/α,β-unsaturated/α-hetero) is 1. The van der Waals surface area contributed by atoms with Gasteiger partial charge in [-0.15, -0.1) is 0 Å². The minimum Gasteiger partial charge on any atom is -0.496 e.